The zero-order chi connectivity index (χ0) is 25.1. The minimum atomic E-state index is 0.151. The number of aryl methyl sites for hydroxylation is 2. The molecule has 0 N–H and O–H groups in total. The molecule has 2 aromatic carbocycles. The first-order chi connectivity index (χ1) is 17.5. The molecule has 1 aliphatic carbocycles. The number of thiazole rings is 1. The van der Waals surface area contributed by atoms with Crippen molar-refractivity contribution in [3.8, 4) is 17.0 Å². The molecular formula is C31H38N2O2S. The molecule has 5 rings (SSSR count). The highest BCUT2D eigenvalue weighted by molar-refractivity contribution is 7.10. The molecule has 3 aromatic rings. The van der Waals surface area contributed by atoms with E-state index in [0.29, 0.717) is 12.5 Å². The number of rotatable bonds is 6. The van der Waals surface area contributed by atoms with Crippen molar-refractivity contribution in [1.82, 2.24) is 9.88 Å². The molecule has 190 valence electrons. The number of hydrogen-bond acceptors (Lipinski definition) is 4. The summed E-state index contributed by atoms with van der Waals surface area (Å²) >= 11 is 1.80. The maximum absolute atomic E-state index is 12.9. The number of hydrogen-bond donors (Lipinski definition) is 0. The molecule has 2 fully saturated rings. The number of amides is 1. The summed E-state index contributed by atoms with van der Waals surface area (Å²) in [5.74, 6) is 2.46. The molecule has 1 saturated heterocycles. The van der Waals surface area contributed by atoms with E-state index in [1.807, 2.05) is 23.1 Å². The molecule has 0 spiro atoms. The molecule has 1 aromatic heterocycles. The molecular weight excluding hydrogens is 464 g/mol. The van der Waals surface area contributed by atoms with Gasteiger partial charge in [0.05, 0.1) is 10.7 Å². The van der Waals surface area contributed by atoms with Gasteiger partial charge in [-0.1, -0.05) is 37.5 Å². The Balaban J connectivity index is 1.30. The number of carbonyl (C=O) groups is 1. The molecule has 0 atom stereocenters. The monoisotopic (exact) mass is 502 g/mol. The zero-order valence-electron chi connectivity index (χ0n) is 21.9. The van der Waals surface area contributed by atoms with E-state index in [0.717, 1.165) is 65.5 Å². The van der Waals surface area contributed by atoms with Crippen LogP contribution in [0.15, 0.2) is 41.8 Å². The first-order valence-electron chi connectivity index (χ1n) is 13.6. The van der Waals surface area contributed by atoms with E-state index >= 15 is 0 Å². The Morgan fingerprint density at radius 3 is 2.56 bits per heavy atom. The Morgan fingerprint density at radius 1 is 1.03 bits per heavy atom. The number of likely N-dealkylation sites (tertiary alicyclic amines) is 1. The van der Waals surface area contributed by atoms with Crippen molar-refractivity contribution in [2.45, 2.75) is 78.2 Å². The third-order valence-electron chi connectivity index (χ3n) is 7.91. The summed E-state index contributed by atoms with van der Waals surface area (Å²) in [6, 6.07) is 12.4. The van der Waals surface area contributed by atoms with Gasteiger partial charge < -0.3 is 9.64 Å². The first-order valence-corrected chi connectivity index (χ1v) is 14.4. The molecule has 4 nitrogen and oxygen atoms in total. The predicted molar refractivity (Wildman–Crippen MR) is 148 cm³/mol. The average molecular weight is 503 g/mol. The smallest absolute Gasteiger partial charge is 0.253 e. The molecule has 36 heavy (non-hydrogen) atoms. The number of aromatic nitrogens is 1. The van der Waals surface area contributed by atoms with Crippen LogP contribution in [0, 0.1) is 19.8 Å². The van der Waals surface area contributed by atoms with Gasteiger partial charge >= 0.3 is 0 Å². The first kappa shape index (κ1) is 25.0. The number of nitrogens with zero attached hydrogens (tertiary/aromatic N) is 2. The maximum atomic E-state index is 12.9. The van der Waals surface area contributed by atoms with E-state index < -0.39 is 0 Å². The van der Waals surface area contributed by atoms with E-state index in [2.05, 4.69) is 44.4 Å². The van der Waals surface area contributed by atoms with E-state index in [4.69, 9.17) is 9.72 Å². The fourth-order valence-electron chi connectivity index (χ4n) is 5.50. The van der Waals surface area contributed by atoms with Gasteiger partial charge in [0.15, 0.2) is 0 Å². The van der Waals surface area contributed by atoms with Crippen LogP contribution in [0.25, 0.3) is 11.3 Å². The highest BCUT2D eigenvalue weighted by atomic mass is 32.1. The summed E-state index contributed by atoms with van der Waals surface area (Å²) in [5.41, 5.74) is 6.26. The van der Waals surface area contributed by atoms with Gasteiger partial charge in [-0.05, 0) is 87.3 Å². The third kappa shape index (κ3) is 5.67. The Kier molecular flexibility index (Phi) is 7.76. The van der Waals surface area contributed by atoms with Crippen molar-refractivity contribution < 1.29 is 9.53 Å². The van der Waals surface area contributed by atoms with Gasteiger partial charge in [-0.15, -0.1) is 11.3 Å². The van der Waals surface area contributed by atoms with Gasteiger partial charge in [0.1, 0.15) is 12.4 Å². The largest absolute Gasteiger partial charge is 0.488 e. The molecule has 1 saturated carbocycles. The lowest BCUT2D eigenvalue weighted by atomic mass is 9.83. The molecule has 1 aliphatic heterocycles. The second-order valence-electron chi connectivity index (χ2n) is 10.8. The van der Waals surface area contributed by atoms with Crippen LogP contribution in [0.3, 0.4) is 0 Å². The average Bonchev–Trinajstić information content (AvgIpc) is 3.39. The van der Waals surface area contributed by atoms with Crippen LogP contribution in [0.4, 0.5) is 0 Å². The molecule has 5 heteroatoms. The van der Waals surface area contributed by atoms with Gasteiger partial charge in [0.25, 0.3) is 5.91 Å². The number of piperidine rings is 1. The normalized spacial score (nSPS) is 20.4. The van der Waals surface area contributed by atoms with Crippen LogP contribution in [0.1, 0.15) is 89.8 Å². The predicted octanol–water partition coefficient (Wildman–Crippen LogP) is 7.93. The summed E-state index contributed by atoms with van der Waals surface area (Å²) in [7, 11) is 0. The highest BCUT2D eigenvalue weighted by Crippen LogP contribution is 2.39. The molecule has 0 unspecified atom stereocenters. The van der Waals surface area contributed by atoms with Crippen LogP contribution in [0.5, 0.6) is 5.75 Å². The highest BCUT2D eigenvalue weighted by Gasteiger charge is 2.23. The summed E-state index contributed by atoms with van der Waals surface area (Å²) in [4.78, 5) is 20.0. The minimum Gasteiger partial charge on any atom is -0.488 e. The summed E-state index contributed by atoms with van der Waals surface area (Å²) in [6.45, 7) is 8.76. The van der Waals surface area contributed by atoms with Crippen molar-refractivity contribution in [3.05, 3.63) is 69.0 Å². The lowest BCUT2D eigenvalue weighted by molar-refractivity contribution is 0.0724. The quantitative estimate of drug-likeness (QED) is 0.344. The zero-order valence-corrected chi connectivity index (χ0v) is 22.7. The molecule has 2 heterocycles. The minimum absolute atomic E-state index is 0.151. The molecule has 0 radical (unpaired) electrons. The van der Waals surface area contributed by atoms with Crippen molar-refractivity contribution in [3.63, 3.8) is 0 Å². The Hall–Kier alpha value is -2.66. The Labute approximate surface area is 219 Å². The van der Waals surface area contributed by atoms with E-state index in [1.165, 1.54) is 42.7 Å². The second kappa shape index (κ2) is 11.2. The van der Waals surface area contributed by atoms with E-state index in [1.54, 1.807) is 11.3 Å². The number of ether oxygens (including phenoxy) is 1. The van der Waals surface area contributed by atoms with Crippen LogP contribution < -0.4 is 4.74 Å². The van der Waals surface area contributed by atoms with Crippen molar-refractivity contribution >= 4 is 17.2 Å². The van der Waals surface area contributed by atoms with E-state index in [9.17, 15) is 4.79 Å². The number of carbonyl (C=O) groups excluding carboxylic acids is 1. The van der Waals surface area contributed by atoms with Crippen LogP contribution >= 0.6 is 11.3 Å². The van der Waals surface area contributed by atoms with Gasteiger partial charge in [-0.2, -0.15) is 0 Å². The molecule has 2 aliphatic rings. The SMILES string of the molecule is Cc1ccc(OCc2ccc(C(=O)N3CCCCC3)cc2C)c(-c2csc(C3CCC(C)CC3)n2)c1. The summed E-state index contributed by atoms with van der Waals surface area (Å²) in [6.07, 6.45) is 8.55. The van der Waals surface area contributed by atoms with Gasteiger partial charge in [0, 0.05) is 35.5 Å². The molecule has 1 amide bonds. The van der Waals surface area contributed by atoms with Gasteiger partial charge in [-0.25, -0.2) is 4.98 Å². The summed E-state index contributed by atoms with van der Waals surface area (Å²) < 4.78 is 6.37. The third-order valence-corrected chi connectivity index (χ3v) is 8.92. The Morgan fingerprint density at radius 2 is 1.81 bits per heavy atom. The van der Waals surface area contributed by atoms with E-state index in [-0.39, 0.29) is 5.91 Å². The van der Waals surface area contributed by atoms with Crippen molar-refractivity contribution in [2.75, 3.05) is 13.1 Å². The lowest BCUT2D eigenvalue weighted by Gasteiger charge is -2.27. The second-order valence-corrected chi connectivity index (χ2v) is 11.7. The maximum Gasteiger partial charge on any atom is 0.253 e. The topological polar surface area (TPSA) is 42.4 Å². The lowest BCUT2D eigenvalue weighted by Crippen LogP contribution is -2.35. The van der Waals surface area contributed by atoms with Gasteiger partial charge in [0.2, 0.25) is 0 Å². The Bertz CT molecular complexity index is 1200. The molecule has 0 bridgehead atoms. The fraction of sp³-hybridized carbons (Fsp3) is 0.484. The van der Waals surface area contributed by atoms with Crippen LogP contribution in [-0.4, -0.2) is 28.9 Å². The van der Waals surface area contributed by atoms with Crippen molar-refractivity contribution in [1.29, 1.82) is 0 Å². The summed E-state index contributed by atoms with van der Waals surface area (Å²) in [5, 5.41) is 3.47. The number of benzene rings is 2. The standard InChI is InChI=1S/C31H38N2O2S/c1-21-7-10-24(11-8-21)30-32-28(20-36-30)27-17-22(2)9-14-29(27)35-19-26-13-12-25(18-23(26)3)31(34)33-15-5-4-6-16-33/h9,12-14,17-18,20-21,24H,4-8,10-11,15-16,19H2,1-3H3. The van der Waals surface area contributed by atoms with Crippen LogP contribution in [0.2, 0.25) is 0 Å². The van der Waals surface area contributed by atoms with Gasteiger partial charge in [-0.3, -0.25) is 4.79 Å². The fourth-order valence-corrected chi connectivity index (χ4v) is 6.49. The van der Waals surface area contributed by atoms with Crippen LogP contribution in [-0.2, 0) is 6.61 Å². The van der Waals surface area contributed by atoms with Crippen molar-refractivity contribution in [2.24, 2.45) is 5.92 Å².